The third-order valence-corrected chi connectivity index (χ3v) is 4.23. The topological polar surface area (TPSA) is 89.4 Å². The Balaban J connectivity index is 1.58. The first-order chi connectivity index (χ1) is 12.6. The van der Waals surface area contributed by atoms with Crippen molar-refractivity contribution in [1.82, 2.24) is 5.32 Å². The van der Waals surface area contributed by atoms with E-state index in [0.29, 0.717) is 29.4 Å². The molecule has 7 heteroatoms. The molecule has 140 valence electrons. The predicted molar refractivity (Wildman–Crippen MR) is 94.8 cm³/mol. The van der Waals surface area contributed by atoms with Gasteiger partial charge in [-0.3, -0.25) is 0 Å². The number of aliphatic hydroxyl groups excluding tert-OH is 2. The summed E-state index contributed by atoms with van der Waals surface area (Å²) in [6, 6.07) is 10.9. The van der Waals surface area contributed by atoms with Gasteiger partial charge in [-0.1, -0.05) is 12.1 Å². The van der Waals surface area contributed by atoms with Gasteiger partial charge in [0.15, 0.2) is 11.5 Å². The van der Waals surface area contributed by atoms with E-state index >= 15 is 0 Å². The van der Waals surface area contributed by atoms with E-state index in [2.05, 4.69) is 5.32 Å². The fraction of sp³-hybridized carbons (Fsp3) is 0.368. The summed E-state index contributed by atoms with van der Waals surface area (Å²) < 4.78 is 21.1. The molecule has 1 aliphatic heterocycles. The highest BCUT2D eigenvalue weighted by atomic mass is 16.7. The minimum Gasteiger partial charge on any atom is -0.497 e. The Bertz CT molecular complexity index is 734. The Kier molecular flexibility index (Phi) is 5.82. The monoisotopic (exact) mass is 361 g/mol. The lowest BCUT2D eigenvalue weighted by molar-refractivity contribution is 0.0187. The molecule has 0 aliphatic carbocycles. The van der Waals surface area contributed by atoms with E-state index in [1.54, 1.807) is 19.2 Å². The van der Waals surface area contributed by atoms with Crippen LogP contribution in [0.2, 0.25) is 0 Å². The van der Waals surface area contributed by atoms with Crippen LogP contribution in [0.1, 0.15) is 17.2 Å². The van der Waals surface area contributed by atoms with E-state index < -0.39 is 12.2 Å². The highest BCUT2D eigenvalue weighted by Crippen LogP contribution is 2.43. The molecule has 0 amide bonds. The summed E-state index contributed by atoms with van der Waals surface area (Å²) in [5.41, 5.74) is 1.56. The molecular formula is C19H23NO6. The van der Waals surface area contributed by atoms with Crippen molar-refractivity contribution in [2.24, 2.45) is 0 Å². The lowest BCUT2D eigenvalue weighted by atomic mass is 10.0. The molecule has 3 N–H and O–H groups in total. The van der Waals surface area contributed by atoms with Crippen LogP contribution in [0.25, 0.3) is 0 Å². The molecule has 2 aromatic rings. The maximum atomic E-state index is 10.4. The number of hydrogen-bond acceptors (Lipinski definition) is 7. The van der Waals surface area contributed by atoms with Crippen molar-refractivity contribution >= 4 is 0 Å². The largest absolute Gasteiger partial charge is 0.497 e. The summed E-state index contributed by atoms with van der Waals surface area (Å²) in [6.07, 6.45) is -2.07. The Morgan fingerprint density at radius 1 is 1.08 bits per heavy atom. The zero-order valence-electron chi connectivity index (χ0n) is 14.8. The van der Waals surface area contributed by atoms with Crippen LogP contribution < -0.4 is 24.3 Å². The molecule has 0 saturated heterocycles. The molecule has 0 radical (unpaired) electrons. The number of ether oxygens (including phenoxy) is 4. The van der Waals surface area contributed by atoms with Gasteiger partial charge in [0.2, 0.25) is 12.5 Å². The zero-order chi connectivity index (χ0) is 18.5. The average molecular weight is 361 g/mol. The van der Waals surface area contributed by atoms with Gasteiger partial charge < -0.3 is 34.5 Å². The van der Waals surface area contributed by atoms with Gasteiger partial charge in [0.05, 0.1) is 20.3 Å². The van der Waals surface area contributed by atoms with E-state index in [1.807, 2.05) is 24.3 Å². The minimum absolute atomic E-state index is 0.108. The van der Waals surface area contributed by atoms with E-state index in [0.717, 1.165) is 11.3 Å². The van der Waals surface area contributed by atoms with Gasteiger partial charge in [0.25, 0.3) is 0 Å². The summed E-state index contributed by atoms with van der Waals surface area (Å²) in [6.45, 7) is 0.902. The smallest absolute Gasteiger partial charge is 0.231 e. The minimum atomic E-state index is -1.08. The SMILES string of the molecule is COc1ccc(CNC[C@H](O)[C@H](O)c2cc(OC)c3c(c2)OCO3)cc1. The molecule has 0 unspecified atom stereocenters. The van der Waals surface area contributed by atoms with E-state index in [9.17, 15) is 10.2 Å². The van der Waals surface area contributed by atoms with Gasteiger partial charge in [0, 0.05) is 13.1 Å². The molecular weight excluding hydrogens is 338 g/mol. The lowest BCUT2D eigenvalue weighted by Crippen LogP contribution is -2.31. The second-order valence-electron chi connectivity index (χ2n) is 5.95. The summed E-state index contributed by atoms with van der Waals surface area (Å²) >= 11 is 0. The summed E-state index contributed by atoms with van der Waals surface area (Å²) in [7, 11) is 3.14. The molecule has 3 rings (SSSR count). The van der Waals surface area contributed by atoms with Gasteiger partial charge in [-0.25, -0.2) is 0 Å². The van der Waals surface area contributed by atoms with Crippen LogP contribution in [0.4, 0.5) is 0 Å². The van der Waals surface area contributed by atoms with Crippen molar-refractivity contribution in [1.29, 1.82) is 0 Å². The third-order valence-electron chi connectivity index (χ3n) is 4.23. The van der Waals surface area contributed by atoms with Crippen LogP contribution in [-0.2, 0) is 6.54 Å². The van der Waals surface area contributed by atoms with Crippen LogP contribution in [-0.4, -0.2) is 43.9 Å². The summed E-state index contributed by atoms with van der Waals surface area (Å²) in [5, 5.41) is 23.9. The van der Waals surface area contributed by atoms with E-state index in [1.165, 1.54) is 7.11 Å². The normalized spacial score (nSPS) is 14.8. The van der Waals surface area contributed by atoms with Gasteiger partial charge in [-0.2, -0.15) is 0 Å². The molecule has 1 aliphatic rings. The molecule has 1 heterocycles. The Hall–Kier alpha value is -2.48. The fourth-order valence-corrected chi connectivity index (χ4v) is 2.76. The highest BCUT2D eigenvalue weighted by molar-refractivity contribution is 5.55. The van der Waals surface area contributed by atoms with E-state index in [4.69, 9.17) is 18.9 Å². The fourth-order valence-electron chi connectivity index (χ4n) is 2.76. The molecule has 7 nitrogen and oxygen atoms in total. The maximum Gasteiger partial charge on any atom is 0.231 e. The van der Waals surface area contributed by atoms with E-state index in [-0.39, 0.29) is 13.3 Å². The highest BCUT2D eigenvalue weighted by Gasteiger charge is 2.25. The van der Waals surface area contributed by atoms with Crippen molar-refractivity contribution in [2.45, 2.75) is 18.8 Å². The molecule has 0 bridgehead atoms. The van der Waals surface area contributed by atoms with Crippen LogP contribution in [0.3, 0.4) is 0 Å². The second kappa shape index (κ2) is 8.27. The van der Waals surface area contributed by atoms with Crippen molar-refractivity contribution in [3.63, 3.8) is 0 Å². The number of benzene rings is 2. The number of rotatable bonds is 8. The lowest BCUT2D eigenvalue weighted by Gasteiger charge is -2.20. The first kappa shape index (κ1) is 18.3. The Morgan fingerprint density at radius 3 is 2.54 bits per heavy atom. The number of methoxy groups -OCH3 is 2. The number of nitrogens with one attached hydrogen (secondary N) is 1. The van der Waals surface area contributed by atoms with Gasteiger partial charge in [0.1, 0.15) is 11.9 Å². The Morgan fingerprint density at radius 2 is 1.85 bits per heavy atom. The first-order valence-electron chi connectivity index (χ1n) is 8.29. The number of hydrogen-bond donors (Lipinski definition) is 3. The van der Waals surface area contributed by atoms with Gasteiger partial charge in [-0.05, 0) is 35.4 Å². The molecule has 26 heavy (non-hydrogen) atoms. The maximum absolute atomic E-state index is 10.4. The van der Waals surface area contributed by atoms with Crippen molar-refractivity contribution in [3.8, 4) is 23.0 Å². The number of fused-ring (bicyclic) bond motifs is 1. The molecule has 0 spiro atoms. The standard InChI is InChI=1S/C19H23NO6/c1-23-14-5-3-12(4-6-14)9-20-10-15(21)18(22)13-7-16(24-2)19-17(8-13)25-11-26-19/h3-8,15,18,20-22H,9-11H2,1-2H3/t15-,18+/m0/s1. The van der Waals surface area contributed by atoms with Crippen molar-refractivity contribution in [2.75, 3.05) is 27.6 Å². The average Bonchev–Trinajstić information content (AvgIpc) is 3.15. The molecule has 0 fully saturated rings. The van der Waals surface area contributed by atoms with Crippen molar-refractivity contribution < 1.29 is 29.2 Å². The molecule has 0 saturated carbocycles. The zero-order valence-corrected chi connectivity index (χ0v) is 14.8. The van der Waals surface area contributed by atoms with Crippen molar-refractivity contribution in [3.05, 3.63) is 47.5 Å². The summed E-state index contributed by atoms with van der Waals surface area (Å²) in [5.74, 6) is 2.26. The van der Waals surface area contributed by atoms with Gasteiger partial charge >= 0.3 is 0 Å². The quantitative estimate of drug-likeness (QED) is 0.658. The molecule has 0 aromatic heterocycles. The molecule has 2 aromatic carbocycles. The first-order valence-corrected chi connectivity index (χ1v) is 8.29. The van der Waals surface area contributed by atoms with Crippen LogP contribution in [0, 0.1) is 0 Å². The second-order valence-corrected chi connectivity index (χ2v) is 5.95. The van der Waals surface area contributed by atoms with Crippen LogP contribution >= 0.6 is 0 Å². The van der Waals surface area contributed by atoms with Gasteiger partial charge in [-0.15, -0.1) is 0 Å². The Labute approximate surface area is 152 Å². The predicted octanol–water partition coefficient (Wildman–Crippen LogP) is 1.62. The van der Waals surface area contributed by atoms with Crippen LogP contribution in [0.15, 0.2) is 36.4 Å². The third kappa shape index (κ3) is 4.01. The summed E-state index contributed by atoms with van der Waals surface area (Å²) in [4.78, 5) is 0. The molecule has 2 atom stereocenters. The van der Waals surface area contributed by atoms with Crippen LogP contribution in [0.5, 0.6) is 23.0 Å². The number of aliphatic hydroxyl groups is 2.